The number of alkyl halides is 3. The molecule has 0 N–H and O–H groups in total. The molecule has 1 heterocycles. The van der Waals surface area contributed by atoms with E-state index in [1.807, 2.05) is 35.2 Å². The van der Waals surface area contributed by atoms with Crippen LogP contribution < -0.4 is 4.90 Å². The van der Waals surface area contributed by atoms with Crippen LogP contribution >= 0.6 is 0 Å². The van der Waals surface area contributed by atoms with Crippen LogP contribution in [0.1, 0.15) is 11.1 Å². The maximum atomic E-state index is 12.8. The molecule has 3 rings (SSSR count). The topological polar surface area (TPSA) is 6.48 Å². The van der Waals surface area contributed by atoms with Crippen molar-refractivity contribution >= 4 is 11.8 Å². The van der Waals surface area contributed by atoms with E-state index in [0.29, 0.717) is 18.8 Å². The minimum Gasteiger partial charge on any atom is -0.374 e. The SMILES string of the molecule is FC(F)(F)c1cccc(N2CCN(/C=C/c3ccccc3)CC2)c1. The molecule has 0 bridgehead atoms. The first-order valence-electron chi connectivity index (χ1n) is 7.92. The molecule has 0 saturated carbocycles. The van der Waals surface area contributed by atoms with Gasteiger partial charge in [0, 0.05) is 31.9 Å². The molecule has 0 unspecified atom stereocenters. The van der Waals surface area contributed by atoms with Crippen LogP contribution in [0.25, 0.3) is 6.08 Å². The van der Waals surface area contributed by atoms with E-state index in [0.717, 1.165) is 24.7 Å². The normalized spacial score (nSPS) is 16.0. The van der Waals surface area contributed by atoms with E-state index >= 15 is 0 Å². The number of rotatable bonds is 3. The summed E-state index contributed by atoms with van der Waals surface area (Å²) in [5.41, 5.74) is 1.18. The van der Waals surface area contributed by atoms with E-state index in [1.165, 1.54) is 12.1 Å². The zero-order valence-corrected chi connectivity index (χ0v) is 13.2. The summed E-state index contributed by atoms with van der Waals surface area (Å²) in [7, 11) is 0. The van der Waals surface area contributed by atoms with Crippen molar-refractivity contribution in [1.82, 2.24) is 4.90 Å². The smallest absolute Gasteiger partial charge is 0.374 e. The summed E-state index contributed by atoms with van der Waals surface area (Å²) < 4.78 is 38.5. The van der Waals surface area contributed by atoms with Gasteiger partial charge in [0.05, 0.1) is 5.56 Å². The maximum absolute atomic E-state index is 12.8. The lowest BCUT2D eigenvalue weighted by atomic mass is 10.1. The van der Waals surface area contributed by atoms with Gasteiger partial charge < -0.3 is 9.80 Å². The van der Waals surface area contributed by atoms with Gasteiger partial charge in [-0.3, -0.25) is 0 Å². The minimum absolute atomic E-state index is 0.591. The number of hydrogen-bond acceptors (Lipinski definition) is 2. The van der Waals surface area contributed by atoms with Crippen LogP contribution in [0.4, 0.5) is 18.9 Å². The molecule has 126 valence electrons. The van der Waals surface area contributed by atoms with Crippen LogP contribution in [0, 0.1) is 0 Å². The molecular formula is C19H19F3N2. The van der Waals surface area contributed by atoms with Crippen molar-refractivity contribution in [3.8, 4) is 0 Å². The summed E-state index contributed by atoms with van der Waals surface area (Å²) in [6, 6.07) is 15.6. The van der Waals surface area contributed by atoms with Crippen molar-refractivity contribution in [2.45, 2.75) is 6.18 Å². The van der Waals surface area contributed by atoms with Gasteiger partial charge in [-0.1, -0.05) is 36.4 Å². The van der Waals surface area contributed by atoms with Crippen LogP contribution in [-0.4, -0.2) is 31.1 Å². The molecule has 1 aliphatic rings. The molecule has 0 radical (unpaired) electrons. The molecule has 0 spiro atoms. The number of piperazine rings is 1. The first-order chi connectivity index (χ1) is 11.5. The van der Waals surface area contributed by atoms with Gasteiger partial charge in [0.25, 0.3) is 0 Å². The highest BCUT2D eigenvalue weighted by Gasteiger charge is 2.31. The molecule has 0 amide bonds. The molecule has 24 heavy (non-hydrogen) atoms. The van der Waals surface area contributed by atoms with Crippen molar-refractivity contribution in [3.05, 3.63) is 71.9 Å². The van der Waals surface area contributed by atoms with E-state index in [-0.39, 0.29) is 0 Å². The number of anilines is 1. The fraction of sp³-hybridized carbons (Fsp3) is 0.263. The Morgan fingerprint density at radius 2 is 1.54 bits per heavy atom. The first-order valence-corrected chi connectivity index (χ1v) is 7.92. The molecule has 2 aromatic carbocycles. The molecule has 2 aromatic rings. The van der Waals surface area contributed by atoms with E-state index < -0.39 is 11.7 Å². The van der Waals surface area contributed by atoms with Gasteiger partial charge in [-0.2, -0.15) is 13.2 Å². The third-order valence-corrected chi connectivity index (χ3v) is 4.13. The predicted molar refractivity (Wildman–Crippen MR) is 90.7 cm³/mol. The number of hydrogen-bond donors (Lipinski definition) is 0. The lowest BCUT2D eigenvalue weighted by Gasteiger charge is -2.35. The molecule has 0 aromatic heterocycles. The lowest BCUT2D eigenvalue weighted by molar-refractivity contribution is -0.137. The van der Waals surface area contributed by atoms with Gasteiger partial charge in [0.2, 0.25) is 0 Å². The Balaban J connectivity index is 1.60. The highest BCUT2D eigenvalue weighted by Crippen LogP contribution is 2.31. The Labute approximate surface area is 139 Å². The van der Waals surface area contributed by atoms with Crippen LogP contribution in [-0.2, 0) is 6.18 Å². The molecular weight excluding hydrogens is 313 g/mol. The van der Waals surface area contributed by atoms with E-state index in [4.69, 9.17) is 0 Å². The molecule has 1 aliphatic heterocycles. The largest absolute Gasteiger partial charge is 0.416 e. The number of benzene rings is 2. The quantitative estimate of drug-likeness (QED) is 0.817. The van der Waals surface area contributed by atoms with Crippen LogP contribution in [0.2, 0.25) is 0 Å². The Morgan fingerprint density at radius 3 is 2.21 bits per heavy atom. The Bertz CT molecular complexity index is 687. The van der Waals surface area contributed by atoms with Gasteiger partial charge in [-0.15, -0.1) is 0 Å². The van der Waals surface area contributed by atoms with Crippen molar-refractivity contribution in [1.29, 1.82) is 0 Å². The van der Waals surface area contributed by atoms with Crippen LogP contribution in [0.5, 0.6) is 0 Å². The van der Waals surface area contributed by atoms with Gasteiger partial charge in [0.1, 0.15) is 0 Å². The summed E-state index contributed by atoms with van der Waals surface area (Å²) in [4.78, 5) is 4.19. The van der Waals surface area contributed by atoms with Crippen molar-refractivity contribution in [2.24, 2.45) is 0 Å². The van der Waals surface area contributed by atoms with Gasteiger partial charge >= 0.3 is 6.18 Å². The average molecular weight is 332 g/mol. The molecule has 0 atom stereocenters. The summed E-state index contributed by atoms with van der Waals surface area (Å²) in [6.07, 6.45) is -0.186. The zero-order chi connectivity index (χ0) is 17.0. The maximum Gasteiger partial charge on any atom is 0.416 e. The Kier molecular flexibility index (Phi) is 4.79. The Hall–Kier alpha value is -2.43. The zero-order valence-electron chi connectivity index (χ0n) is 13.2. The highest BCUT2D eigenvalue weighted by molar-refractivity contribution is 5.51. The van der Waals surface area contributed by atoms with Crippen LogP contribution in [0.15, 0.2) is 60.8 Å². The third-order valence-electron chi connectivity index (χ3n) is 4.13. The number of nitrogens with zero attached hydrogens (tertiary/aromatic N) is 2. The standard InChI is InChI=1S/C19H19F3N2/c20-19(21,22)17-7-4-8-18(15-17)24-13-11-23(12-14-24)10-9-16-5-2-1-3-6-16/h1-10,15H,11-14H2/b10-9+. The summed E-state index contributed by atoms with van der Waals surface area (Å²) in [6.45, 7) is 3.00. The fourth-order valence-corrected chi connectivity index (χ4v) is 2.76. The van der Waals surface area contributed by atoms with Gasteiger partial charge in [0.15, 0.2) is 0 Å². The fourth-order valence-electron chi connectivity index (χ4n) is 2.76. The van der Waals surface area contributed by atoms with E-state index in [2.05, 4.69) is 17.2 Å². The second-order valence-corrected chi connectivity index (χ2v) is 5.80. The minimum atomic E-state index is -4.30. The average Bonchev–Trinajstić information content (AvgIpc) is 2.61. The molecule has 2 nitrogen and oxygen atoms in total. The van der Waals surface area contributed by atoms with Crippen LogP contribution in [0.3, 0.4) is 0 Å². The molecule has 5 heteroatoms. The second-order valence-electron chi connectivity index (χ2n) is 5.80. The third kappa shape index (κ3) is 4.10. The number of halogens is 3. The van der Waals surface area contributed by atoms with Crippen molar-refractivity contribution in [2.75, 3.05) is 31.1 Å². The highest BCUT2D eigenvalue weighted by atomic mass is 19.4. The molecule has 1 fully saturated rings. The van der Waals surface area contributed by atoms with Gasteiger partial charge in [-0.05, 0) is 36.0 Å². The van der Waals surface area contributed by atoms with Crippen molar-refractivity contribution < 1.29 is 13.2 Å². The lowest BCUT2D eigenvalue weighted by Crippen LogP contribution is -2.44. The van der Waals surface area contributed by atoms with E-state index in [1.54, 1.807) is 6.07 Å². The van der Waals surface area contributed by atoms with Crippen molar-refractivity contribution in [3.63, 3.8) is 0 Å². The summed E-state index contributed by atoms with van der Waals surface area (Å²) in [5, 5.41) is 0. The summed E-state index contributed by atoms with van der Waals surface area (Å²) in [5.74, 6) is 0. The van der Waals surface area contributed by atoms with Gasteiger partial charge in [-0.25, -0.2) is 0 Å². The molecule has 1 saturated heterocycles. The van der Waals surface area contributed by atoms with E-state index in [9.17, 15) is 13.2 Å². The first kappa shape index (κ1) is 16.4. The Morgan fingerprint density at radius 1 is 0.833 bits per heavy atom. The predicted octanol–water partition coefficient (Wildman–Crippen LogP) is 4.50. The molecule has 0 aliphatic carbocycles. The summed E-state index contributed by atoms with van der Waals surface area (Å²) >= 11 is 0. The second kappa shape index (κ2) is 6.99. The monoisotopic (exact) mass is 332 g/mol.